The molecule has 1 aromatic carbocycles. The van der Waals surface area contributed by atoms with E-state index in [2.05, 4.69) is 40.2 Å². The van der Waals surface area contributed by atoms with Gasteiger partial charge in [0.05, 0.1) is 0 Å². The van der Waals surface area contributed by atoms with Crippen molar-refractivity contribution < 1.29 is 9.53 Å². The van der Waals surface area contributed by atoms with Crippen molar-refractivity contribution in [3.05, 3.63) is 46.5 Å². The molecular formula is C17H21BrO2. The molecule has 108 valence electrons. The molecule has 0 N–H and O–H groups in total. The van der Waals surface area contributed by atoms with Crippen molar-refractivity contribution in [1.82, 2.24) is 0 Å². The summed E-state index contributed by atoms with van der Waals surface area (Å²) in [5.74, 6) is 0.406. The van der Waals surface area contributed by atoms with E-state index in [1.807, 2.05) is 13.0 Å². The molecule has 20 heavy (non-hydrogen) atoms. The summed E-state index contributed by atoms with van der Waals surface area (Å²) in [6, 6.07) is 8.56. The molecule has 0 radical (unpaired) electrons. The number of esters is 1. The Balaban J connectivity index is 1.81. The Hall–Kier alpha value is -1.09. The van der Waals surface area contributed by atoms with Gasteiger partial charge < -0.3 is 4.74 Å². The van der Waals surface area contributed by atoms with E-state index >= 15 is 0 Å². The predicted octanol–water partition coefficient (Wildman–Crippen LogP) is 4.98. The Morgan fingerprint density at radius 3 is 2.50 bits per heavy atom. The van der Waals surface area contributed by atoms with Crippen LogP contribution in [0.3, 0.4) is 0 Å². The Labute approximate surface area is 129 Å². The number of halogens is 1. The molecular weight excluding hydrogens is 316 g/mol. The molecule has 0 aromatic heterocycles. The van der Waals surface area contributed by atoms with Crippen LogP contribution in [0.1, 0.15) is 50.5 Å². The molecule has 0 aliphatic heterocycles. The fourth-order valence-corrected chi connectivity index (χ4v) is 2.93. The first-order chi connectivity index (χ1) is 9.69. The average molecular weight is 337 g/mol. The molecule has 0 spiro atoms. The summed E-state index contributed by atoms with van der Waals surface area (Å²) in [7, 11) is 0. The lowest BCUT2D eigenvalue weighted by atomic mass is 9.83. The lowest BCUT2D eigenvalue weighted by molar-refractivity contribution is -0.144. The minimum absolute atomic E-state index is 0.0932. The molecule has 2 nitrogen and oxygen atoms in total. The van der Waals surface area contributed by atoms with Crippen molar-refractivity contribution in [3.63, 3.8) is 0 Å². The molecule has 3 heteroatoms. The maximum Gasteiger partial charge on any atom is 0.330 e. The molecule has 0 bridgehead atoms. The molecule has 0 atom stereocenters. The quantitative estimate of drug-likeness (QED) is 0.572. The molecule has 0 unspecified atom stereocenters. The van der Waals surface area contributed by atoms with Gasteiger partial charge in [0.15, 0.2) is 0 Å². The molecule has 0 heterocycles. The summed E-state index contributed by atoms with van der Waals surface area (Å²) < 4.78 is 6.58. The summed E-state index contributed by atoms with van der Waals surface area (Å²) in [5, 5.41) is 0. The van der Waals surface area contributed by atoms with Crippen LogP contribution in [0.5, 0.6) is 0 Å². The minimum atomic E-state index is -0.195. The number of carbonyl (C=O) groups excluding carboxylic acids is 1. The van der Waals surface area contributed by atoms with Crippen LogP contribution in [-0.2, 0) is 9.53 Å². The number of benzene rings is 1. The molecule has 2 rings (SSSR count). The molecule has 1 aliphatic carbocycles. The third-order valence-electron chi connectivity index (χ3n) is 3.79. The summed E-state index contributed by atoms with van der Waals surface area (Å²) in [6.45, 7) is 2.01. The van der Waals surface area contributed by atoms with E-state index in [4.69, 9.17) is 4.74 Å². The van der Waals surface area contributed by atoms with E-state index < -0.39 is 0 Å². The van der Waals surface area contributed by atoms with Gasteiger partial charge in [0.25, 0.3) is 0 Å². The van der Waals surface area contributed by atoms with Crippen LogP contribution in [-0.4, -0.2) is 12.1 Å². The summed E-state index contributed by atoms with van der Waals surface area (Å²) >= 11 is 3.46. The fourth-order valence-electron chi connectivity index (χ4n) is 2.67. The normalized spacial score (nSPS) is 22.9. The van der Waals surface area contributed by atoms with E-state index in [0.29, 0.717) is 5.92 Å². The summed E-state index contributed by atoms with van der Waals surface area (Å²) in [6.07, 6.45) is 8.46. The smallest absolute Gasteiger partial charge is 0.330 e. The van der Waals surface area contributed by atoms with E-state index in [1.165, 1.54) is 5.56 Å². The average Bonchev–Trinajstić information content (AvgIpc) is 2.47. The lowest BCUT2D eigenvalue weighted by Crippen LogP contribution is -2.23. The Morgan fingerprint density at radius 1 is 1.25 bits per heavy atom. The second kappa shape index (κ2) is 7.63. The second-order valence-electron chi connectivity index (χ2n) is 5.27. The third-order valence-corrected chi connectivity index (χ3v) is 4.32. The third kappa shape index (κ3) is 4.48. The van der Waals surface area contributed by atoms with E-state index in [0.717, 1.165) is 36.6 Å². The molecule has 1 aliphatic rings. The van der Waals surface area contributed by atoms with Gasteiger partial charge in [0, 0.05) is 10.5 Å². The topological polar surface area (TPSA) is 26.3 Å². The van der Waals surface area contributed by atoms with Gasteiger partial charge in [0.1, 0.15) is 6.10 Å². The highest BCUT2D eigenvalue weighted by Gasteiger charge is 2.24. The van der Waals surface area contributed by atoms with Gasteiger partial charge in [-0.3, -0.25) is 0 Å². The largest absolute Gasteiger partial charge is 0.459 e. The number of hydrogen-bond donors (Lipinski definition) is 0. The van der Waals surface area contributed by atoms with E-state index in [-0.39, 0.29) is 12.1 Å². The van der Waals surface area contributed by atoms with Gasteiger partial charge in [-0.15, -0.1) is 0 Å². The van der Waals surface area contributed by atoms with Crippen molar-refractivity contribution in [1.29, 1.82) is 0 Å². The lowest BCUT2D eigenvalue weighted by Gasteiger charge is -2.28. The van der Waals surface area contributed by atoms with Crippen LogP contribution >= 0.6 is 15.9 Å². The van der Waals surface area contributed by atoms with Crippen molar-refractivity contribution in [2.24, 2.45) is 0 Å². The highest BCUT2D eigenvalue weighted by atomic mass is 79.9. The Kier molecular flexibility index (Phi) is 5.84. The number of rotatable bonds is 4. The van der Waals surface area contributed by atoms with Crippen molar-refractivity contribution >= 4 is 21.9 Å². The SMILES string of the molecule is CC/C=C/C(=O)OC1CCC(c2ccc(Br)cc2)CC1. The molecule has 1 fully saturated rings. The van der Waals surface area contributed by atoms with Gasteiger partial charge in [-0.05, 0) is 55.7 Å². The van der Waals surface area contributed by atoms with Crippen LogP contribution in [0.15, 0.2) is 40.9 Å². The first-order valence-corrected chi connectivity index (χ1v) is 8.11. The number of allylic oxidation sites excluding steroid dienone is 1. The first kappa shape index (κ1) is 15.3. The number of hydrogen-bond acceptors (Lipinski definition) is 2. The fraction of sp³-hybridized carbons (Fsp3) is 0.471. The van der Waals surface area contributed by atoms with Crippen LogP contribution in [0.2, 0.25) is 0 Å². The molecule has 0 saturated heterocycles. The highest BCUT2D eigenvalue weighted by molar-refractivity contribution is 9.10. The Morgan fingerprint density at radius 2 is 1.90 bits per heavy atom. The first-order valence-electron chi connectivity index (χ1n) is 7.31. The van der Waals surface area contributed by atoms with Crippen molar-refractivity contribution in [3.8, 4) is 0 Å². The molecule has 1 aromatic rings. The number of carbonyl (C=O) groups is 1. The Bertz CT molecular complexity index is 456. The van der Waals surface area contributed by atoms with Crippen LogP contribution in [0.4, 0.5) is 0 Å². The second-order valence-corrected chi connectivity index (χ2v) is 6.19. The minimum Gasteiger partial charge on any atom is -0.459 e. The van der Waals surface area contributed by atoms with Crippen LogP contribution in [0, 0.1) is 0 Å². The van der Waals surface area contributed by atoms with E-state index in [9.17, 15) is 4.79 Å². The summed E-state index contributed by atoms with van der Waals surface area (Å²) in [4.78, 5) is 11.5. The van der Waals surface area contributed by atoms with Gasteiger partial charge in [0.2, 0.25) is 0 Å². The maximum atomic E-state index is 11.5. The van der Waals surface area contributed by atoms with Crippen LogP contribution in [0.25, 0.3) is 0 Å². The summed E-state index contributed by atoms with van der Waals surface area (Å²) in [5.41, 5.74) is 1.39. The van der Waals surface area contributed by atoms with Crippen LogP contribution < -0.4 is 0 Å². The monoisotopic (exact) mass is 336 g/mol. The predicted molar refractivity (Wildman–Crippen MR) is 84.7 cm³/mol. The van der Waals surface area contributed by atoms with Crippen molar-refractivity contribution in [2.75, 3.05) is 0 Å². The molecule has 0 amide bonds. The van der Waals surface area contributed by atoms with Gasteiger partial charge in [-0.2, -0.15) is 0 Å². The zero-order chi connectivity index (χ0) is 14.4. The molecule has 1 saturated carbocycles. The standard InChI is InChI=1S/C17H21BrO2/c1-2-3-4-17(19)20-16-11-7-14(8-12-16)13-5-9-15(18)10-6-13/h3-6,9-10,14,16H,2,7-8,11-12H2,1H3/b4-3+. The van der Waals surface area contributed by atoms with Gasteiger partial charge in [-0.1, -0.05) is 41.1 Å². The van der Waals surface area contributed by atoms with E-state index in [1.54, 1.807) is 6.08 Å². The van der Waals surface area contributed by atoms with Gasteiger partial charge in [-0.25, -0.2) is 4.79 Å². The zero-order valence-corrected chi connectivity index (χ0v) is 13.4. The maximum absolute atomic E-state index is 11.5. The highest BCUT2D eigenvalue weighted by Crippen LogP contribution is 2.34. The van der Waals surface area contributed by atoms with Crippen molar-refractivity contribution in [2.45, 2.75) is 51.0 Å². The zero-order valence-electron chi connectivity index (χ0n) is 11.8. The number of ether oxygens (including phenoxy) is 1. The van der Waals surface area contributed by atoms with Gasteiger partial charge >= 0.3 is 5.97 Å².